The van der Waals surface area contributed by atoms with E-state index in [0.717, 1.165) is 12.0 Å². The van der Waals surface area contributed by atoms with Crippen LogP contribution in [0.4, 0.5) is 0 Å². The molecule has 1 aliphatic carbocycles. The molecule has 1 heterocycles. The number of carbonyl (C=O) groups is 1. The fourth-order valence-corrected chi connectivity index (χ4v) is 3.11. The molecule has 4 rings (SSSR count). The van der Waals surface area contributed by atoms with Crippen LogP contribution in [0.15, 0.2) is 73.6 Å². The number of hydrazine groups is 1. The van der Waals surface area contributed by atoms with Crippen LogP contribution < -0.4 is 10.9 Å². The summed E-state index contributed by atoms with van der Waals surface area (Å²) in [5.41, 5.74) is 12.9. The zero-order valence-corrected chi connectivity index (χ0v) is 13.6. The van der Waals surface area contributed by atoms with E-state index in [2.05, 4.69) is 58.8 Å². The second-order valence-electron chi connectivity index (χ2n) is 6.00. The molecule has 1 aliphatic rings. The van der Waals surface area contributed by atoms with Gasteiger partial charge in [-0.3, -0.25) is 20.6 Å². The molecule has 0 atom stereocenters. The highest BCUT2D eigenvalue weighted by molar-refractivity contribution is 5.94. The van der Waals surface area contributed by atoms with Gasteiger partial charge in [0.05, 0.1) is 5.70 Å². The molecule has 25 heavy (non-hydrogen) atoms. The Morgan fingerprint density at radius 2 is 1.64 bits per heavy atom. The van der Waals surface area contributed by atoms with E-state index in [1.54, 1.807) is 24.5 Å². The standard InChI is InChI=1S/C21H17N3O/c1-14(23-24-21(25)15-8-10-22-11-9-15)16-6-7-20-18(12-16)13-17-4-2-3-5-19(17)20/h2-12,23H,1,13H2,(H,24,25). The number of hydrogen-bond acceptors (Lipinski definition) is 3. The third-order valence-electron chi connectivity index (χ3n) is 4.41. The molecule has 0 aliphatic heterocycles. The summed E-state index contributed by atoms with van der Waals surface area (Å²) in [6.45, 7) is 4.03. The van der Waals surface area contributed by atoms with Gasteiger partial charge in [0.15, 0.2) is 0 Å². The molecule has 4 nitrogen and oxygen atoms in total. The number of rotatable bonds is 4. The Bertz CT molecular complexity index is 964. The average molecular weight is 327 g/mol. The molecule has 1 amide bonds. The third kappa shape index (κ3) is 2.90. The molecular formula is C21H17N3O. The van der Waals surface area contributed by atoms with Gasteiger partial charge >= 0.3 is 0 Å². The smallest absolute Gasteiger partial charge is 0.269 e. The summed E-state index contributed by atoms with van der Waals surface area (Å²) in [4.78, 5) is 16.0. The van der Waals surface area contributed by atoms with Crippen LogP contribution in [0, 0.1) is 0 Å². The Kier molecular flexibility index (Phi) is 3.78. The summed E-state index contributed by atoms with van der Waals surface area (Å²) in [7, 11) is 0. The number of benzene rings is 2. The van der Waals surface area contributed by atoms with E-state index in [4.69, 9.17) is 0 Å². The first kappa shape index (κ1) is 15.1. The molecule has 0 fully saturated rings. The van der Waals surface area contributed by atoms with Crippen molar-refractivity contribution in [1.82, 2.24) is 15.8 Å². The van der Waals surface area contributed by atoms with Gasteiger partial charge in [0.2, 0.25) is 0 Å². The summed E-state index contributed by atoms with van der Waals surface area (Å²) >= 11 is 0. The fraction of sp³-hybridized carbons (Fsp3) is 0.0476. The molecule has 122 valence electrons. The number of nitrogens with zero attached hydrogens (tertiary/aromatic N) is 1. The monoisotopic (exact) mass is 327 g/mol. The van der Waals surface area contributed by atoms with Crippen molar-refractivity contribution in [3.8, 4) is 11.1 Å². The van der Waals surface area contributed by atoms with E-state index in [-0.39, 0.29) is 5.91 Å². The topological polar surface area (TPSA) is 54.0 Å². The van der Waals surface area contributed by atoms with E-state index in [1.807, 2.05) is 6.07 Å². The van der Waals surface area contributed by atoms with Gasteiger partial charge in [0.1, 0.15) is 0 Å². The minimum absolute atomic E-state index is 0.225. The molecule has 3 aromatic rings. The van der Waals surface area contributed by atoms with Crippen LogP contribution in [0.1, 0.15) is 27.0 Å². The van der Waals surface area contributed by atoms with Crippen molar-refractivity contribution in [3.63, 3.8) is 0 Å². The van der Waals surface area contributed by atoms with Crippen molar-refractivity contribution in [3.05, 3.63) is 95.8 Å². The zero-order valence-electron chi connectivity index (χ0n) is 13.6. The minimum atomic E-state index is -0.225. The molecule has 1 aromatic heterocycles. The number of amides is 1. The van der Waals surface area contributed by atoms with Crippen molar-refractivity contribution >= 4 is 11.6 Å². The highest BCUT2D eigenvalue weighted by Crippen LogP contribution is 2.37. The van der Waals surface area contributed by atoms with Crippen LogP contribution in [-0.4, -0.2) is 10.9 Å². The number of hydrogen-bond donors (Lipinski definition) is 2. The first-order valence-corrected chi connectivity index (χ1v) is 8.09. The fourth-order valence-electron chi connectivity index (χ4n) is 3.11. The van der Waals surface area contributed by atoms with Gasteiger partial charge in [-0.1, -0.05) is 43.0 Å². The van der Waals surface area contributed by atoms with Gasteiger partial charge in [0, 0.05) is 18.0 Å². The van der Waals surface area contributed by atoms with Crippen molar-refractivity contribution in [2.45, 2.75) is 6.42 Å². The lowest BCUT2D eigenvalue weighted by molar-refractivity contribution is 0.0942. The van der Waals surface area contributed by atoms with E-state index in [0.29, 0.717) is 11.3 Å². The van der Waals surface area contributed by atoms with Gasteiger partial charge < -0.3 is 0 Å². The molecule has 0 unspecified atom stereocenters. The molecule has 0 saturated heterocycles. The molecule has 0 bridgehead atoms. The average Bonchev–Trinajstić information content (AvgIpc) is 3.04. The first-order chi connectivity index (χ1) is 12.2. The SMILES string of the molecule is C=C(NNC(=O)c1ccncc1)c1ccc2c(c1)Cc1ccccc1-2. The summed E-state index contributed by atoms with van der Waals surface area (Å²) in [5, 5.41) is 0. The first-order valence-electron chi connectivity index (χ1n) is 8.09. The van der Waals surface area contributed by atoms with Crippen LogP contribution in [0.3, 0.4) is 0 Å². The number of nitrogens with one attached hydrogen (secondary N) is 2. The van der Waals surface area contributed by atoms with Gasteiger partial charge in [-0.15, -0.1) is 0 Å². The maximum Gasteiger partial charge on any atom is 0.269 e. The normalized spacial score (nSPS) is 11.4. The van der Waals surface area contributed by atoms with Crippen LogP contribution in [0.2, 0.25) is 0 Å². The quantitative estimate of drug-likeness (QED) is 0.564. The van der Waals surface area contributed by atoms with Crippen molar-refractivity contribution < 1.29 is 4.79 Å². The lowest BCUT2D eigenvalue weighted by atomic mass is 10.0. The number of aromatic nitrogens is 1. The summed E-state index contributed by atoms with van der Waals surface area (Å²) in [5.74, 6) is -0.225. The Morgan fingerprint density at radius 3 is 2.48 bits per heavy atom. The predicted molar refractivity (Wildman–Crippen MR) is 98.6 cm³/mol. The highest BCUT2D eigenvalue weighted by Gasteiger charge is 2.18. The maximum atomic E-state index is 12.1. The molecular weight excluding hydrogens is 310 g/mol. The molecule has 2 aromatic carbocycles. The minimum Gasteiger partial charge on any atom is -0.298 e. The van der Waals surface area contributed by atoms with Gasteiger partial charge in [0.25, 0.3) is 5.91 Å². The zero-order chi connectivity index (χ0) is 17.2. The number of fused-ring (bicyclic) bond motifs is 3. The van der Waals surface area contributed by atoms with E-state index >= 15 is 0 Å². The van der Waals surface area contributed by atoms with Gasteiger partial charge in [-0.05, 0) is 52.4 Å². The summed E-state index contributed by atoms with van der Waals surface area (Å²) in [6.07, 6.45) is 4.10. The Balaban J connectivity index is 1.47. The van der Waals surface area contributed by atoms with E-state index in [1.165, 1.54) is 22.3 Å². The second-order valence-corrected chi connectivity index (χ2v) is 6.00. The van der Waals surface area contributed by atoms with Crippen molar-refractivity contribution in [2.24, 2.45) is 0 Å². The molecule has 4 heteroatoms. The largest absolute Gasteiger partial charge is 0.298 e. The highest BCUT2D eigenvalue weighted by atomic mass is 16.2. The summed E-state index contributed by atoms with van der Waals surface area (Å²) in [6, 6.07) is 18.0. The van der Waals surface area contributed by atoms with Crippen LogP contribution in [0.25, 0.3) is 16.8 Å². The second kappa shape index (κ2) is 6.24. The number of pyridine rings is 1. The van der Waals surface area contributed by atoms with E-state index in [9.17, 15) is 4.79 Å². The molecule has 0 radical (unpaired) electrons. The van der Waals surface area contributed by atoms with Crippen molar-refractivity contribution in [2.75, 3.05) is 0 Å². The predicted octanol–water partition coefficient (Wildman–Crippen LogP) is 3.56. The van der Waals surface area contributed by atoms with Crippen LogP contribution in [0.5, 0.6) is 0 Å². The van der Waals surface area contributed by atoms with E-state index < -0.39 is 0 Å². The Morgan fingerprint density at radius 1 is 0.880 bits per heavy atom. The maximum absolute atomic E-state index is 12.1. The lowest BCUT2D eigenvalue weighted by Gasteiger charge is -2.12. The lowest BCUT2D eigenvalue weighted by Crippen LogP contribution is -2.35. The Hall–Kier alpha value is -3.40. The third-order valence-corrected chi connectivity index (χ3v) is 4.41. The molecule has 0 saturated carbocycles. The van der Waals surface area contributed by atoms with Crippen LogP contribution in [-0.2, 0) is 6.42 Å². The molecule has 0 spiro atoms. The van der Waals surface area contributed by atoms with Crippen LogP contribution >= 0.6 is 0 Å². The van der Waals surface area contributed by atoms with Gasteiger partial charge in [-0.2, -0.15) is 0 Å². The number of carbonyl (C=O) groups excluding carboxylic acids is 1. The molecule has 2 N–H and O–H groups in total. The van der Waals surface area contributed by atoms with Gasteiger partial charge in [-0.25, -0.2) is 0 Å². The Labute approximate surface area is 146 Å². The van der Waals surface area contributed by atoms with Crippen molar-refractivity contribution in [1.29, 1.82) is 0 Å². The summed E-state index contributed by atoms with van der Waals surface area (Å²) < 4.78 is 0.